The van der Waals surface area contributed by atoms with Gasteiger partial charge in [-0.15, -0.1) is 5.06 Å². The minimum atomic E-state index is 0.00754. The van der Waals surface area contributed by atoms with E-state index in [2.05, 4.69) is 23.7 Å². The van der Waals surface area contributed by atoms with Crippen LogP contribution in [0.3, 0.4) is 0 Å². The van der Waals surface area contributed by atoms with Crippen molar-refractivity contribution >= 4 is 0 Å². The average Bonchev–Trinajstić information content (AvgIpc) is 3.04. The quantitative estimate of drug-likeness (QED) is 0.614. The van der Waals surface area contributed by atoms with E-state index < -0.39 is 0 Å². The molecule has 0 saturated heterocycles. The van der Waals surface area contributed by atoms with Crippen LogP contribution >= 0.6 is 0 Å². The smallest absolute Gasteiger partial charge is 0.212 e. The minimum absolute atomic E-state index is 0.00754. The summed E-state index contributed by atoms with van der Waals surface area (Å²) in [6.45, 7) is 8.79. The highest BCUT2D eigenvalue weighted by molar-refractivity contribution is 5.25. The molecule has 1 aromatic heterocycles. The Bertz CT molecular complexity index is 539. The second-order valence-electron chi connectivity index (χ2n) is 6.78. The van der Waals surface area contributed by atoms with Crippen molar-refractivity contribution in [2.24, 2.45) is 5.73 Å². The molecule has 0 saturated carbocycles. The predicted molar refractivity (Wildman–Crippen MR) is 104 cm³/mol. The highest BCUT2D eigenvalue weighted by Gasteiger charge is 2.27. The van der Waals surface area contributed by atoms with E-state index in [4.69, 9.17) is 15.3 Å². The van der Waals surface area contributed by atoms with E-state index in [0.717, 1.165) is 25.1 Å². The molecule has 1 unspecified atom stereocenters. The molecule has 1 aromatic rings. The lowest BCUT2D eigenvalue weighted by Crippen LogP contribution is -2.31. The molecular formula is C20H34N4O2. The number of aromatic nitrogens is 1. The molecule has 0 aromatic carbocycles. The molecular weight excluding hydrogens is 328 g/mol. The fraction of sp³-hybridized carbons (Fsp3) is 0.650. The average molecular weight is 363 g/mol. The van der Waals surface area contributed by atoms with E-state index in [1.54, 1.807) is 7.11 Å². The molecule has 1 aliphatic rings. The van der Waals surface area contributed by atoms with Gasteiger partial charge in [0.25, 0.3) is 0 Å². The van der Waals surface area contributed by atoms with Crippen molar-refractivity contribution in [2.75, 3.05) is 33.3 Å². The monoisotopic (exact) mass is 362 g/mol. The van der Waals surface area contributed by atoms with Gasteiger partial charge in [-0.25, -0.2) is 4.98 Å². The molecule has 0 amide bonds. The van der Waals surface area contributed by atoms with Crippen molar-refractivity contribution in [2.45, 2.75) is 52.0 Å². The van der Waals surface area contributed by atoms with Crippen molar-refractivity contribution in [1.82, 2.24) is 14.9 Å². The van der Waals surface area contributed by atoms with E-state index >= 15 is 0 Å². The van der Waals surface area contributed by atoms with Gasteiger partial charge in [0, 0.05) is 24.9 Å². The summed E-state index contributed by atoms with van der Waals surface area (Å²) in [5.41, 5.74) is 6.97. The van der Waals surface area contributed by atoms with E-state index in [-0.39, 0.29) is 6.04 Å². The molecule has 2 heterocycles. The van der Waals surface area contributed by atoms with Crippen molar-refractivity contribution in [3.8, 4) is 5.88 Å². The number of unbranched alkanes of at least 4 members (excludes halogenated alkanes) is 2. The van der Waals surface area contributed by atoms with Gasteiger partial charge in [-0.05, 0) is 44.5 Å². The fourth-order valence-corrected chi connectivity index (χ4v) is 3.14. The molecule has 1 atom stereocenters. The molecule has 0 aliphatic carbocycles. The number of hydrogen-bond donors (Lipinski definition) is 1. The number of hydroxylamine groups is 2. The van der Waals surface area contributed by atoms with E-state index in [1.165, 1.54) is 38.8 Å². The summed E-state index contributed by atoms with van der Waals surface area (Å²) in [6, 6.07) is 3.89. The Hall–Kier alpha value is -1.79. The van der Waals surface area contributed by atoms with Crippen LogP contribution in [-0.4, -0.2) is 48.2 Å². The predicted octanol–water partition coefficient (Wildman–Crippen LogP) is 3.47. The zero-order chi connectivity index (χ0) is 18.8. The van der Waals surface area contributed by atoms with Crippen molar-refractivity contribution in [1.29, 1.82) is 0 Å². The van der Waals surface area contributed by atoms with Gasteiger partial charge in [0.1, 0.15) is 0 Å². The first-order valence-corrected chi connectivity index (χ1v) is 9.82. The Balaban J connectivity index is 1.88. The Kier molecular flexibility index (Phi) is 8.71. The summed E-state index contributed by atoms with van der Waals surface area (Å²) in [6.07, 6.45) is 9.82. The lowest BCUT2D eigenvalue weighted by molar-refractivity contribution is -0.121. The summed E-state index contributed by atoms with van der Waals surface area (Å²) < 4.78 is 5.13. The molecule has 6 nitrogen and oxygen atoms in total. The van der Waals surface area contributed by atoms with Crippen molar-refractivity contribution in [3.05, 3.63) is 35.9 Å². The van der Waals surface area contributed by atoms with Crippen LogP contribution in [0.4, 0.5) is 0 Å². The summed E-state index contributed by atoms with van der Waals surface area (Å²) in [4.78, 5) is 12.6. The Morgan fingerprint density at radius 1 is 1.15 bits per heavy atom. The van der Waals surface area contributed by atoms with Gasteiger partial charge in [-0.2, -0.15) is 0 Å². The lowest BCUT2D eigenvalue weighted by atomic mass is 10.1. The van der Waals surface area contributed by atoms with Gasteiger partial charge in [0.2, 0.25) is 11.8 Å². The minimum Gasteiger partial charge on any atom is -0.481 e. The van der Waals surface area contributed by atoms with Crippen LogP contribution in [0.25, 0.3) is 0 Å². The molecule has 2 N–H and O–H groups in total. The molecule has 0 bridgehead atoms. The van der Waals surface area contributed by atoms with E-state index in [9.17, 15) is 0 Å². The second-order valence-corrected chi connectivity index (χ2v) is 6.78. The van der Waals surface area contributed by atoms with Crippen LogP contribution in [0.5, 0.6) is 5.88 Å². The summed E-state index contributed by atoms with van der Waals surface area (Å²) >= 11 is 0. The van der Waals surface area contributed by atoms with Gasteiger partial charge in [-0.1, -0.05) is 32.8 Å². The zero-order valence-corrected chi connectivity index (χ0v) is 16.5. The second kappa shape index (κ2) is 11.0. The number of ether oxygens (including phenoxy) is 1. The molecule has 6 heteroatoms. The first-order chi connectivity index (χ1) is 12.7. The van der Waals surface area contributed by atoms with E-state index in [1.807, 2.05) is 29.5 Å². The van der Waals surface area contributed by atoms with Gasteiger partial charge >= 0.3 is 0 Å². The topological polar surface area (TPSA) is 63.9 Å². The van der Waals surface area contributed by atoms with E-state index in [0.29, 0.717) is 11.8 Å². The van der Waals surface area contributed by atoms with Crippen LogP contribution in [0.2, 0.25) is 0 Å². The molecule has 26 heavy (non-hydrogen) atoms. The SMILES string of the molecule is CCCCN(CCCC)CCCN1OC(N)=CC1c1ccc(OC)nc1. The maximum absolute atomic E-state index is 5.91. The van der Waals surface area contributed by atoms with Crippen LogP contribution in [0.1, 0.15) is 57.6 Å². The third-order valence-corrected chi connectivity index (χ3v) is 4.67. The number of pyridine rings is 1. The number of hydrogen-bond acceptors (Lipinski definition) is 6. The fourth-order valence-electron chi connectivity index (χ4n) is 3.14. The third-order valence-electron chi connectivity index (χ3n) is 4.67. The molecule has 0 fully saturated rings. The number of rotatable bonds is 12. The third kappa shape index (κ3) is 6.18. The number of nitrogens with two attached hydrogens (primary N) is 1. The Morgan fingerprint density at radius 3 is 2.42 bits per heavy atom. The van der Waals surface area contributed by atoms with Gasteiger partial charge in [0.15, 0.2) is 0 Å². The summed E-state index contributed by atoms with van der Waals surface area (Å²) in [5, 5.41) is 1.96. The van der Waals surface area contributed by atoms with Crippen molar-refractivity contribution < 1.29 is 9.57 Å². The number of nitrogens with zero attached hydrogens (tertiary/aromatic N) is 3. The molecule has 146 valence electrons. The lowest BCUT2D eigenvalue weighted by Gasteiger charge is -2.26. The summed E-state index contributed by atoms with van der Waals surface area (Å²) in [5.74, 6) is 1.07. The molecule has 1 aliphatic heterocycles. The first kappa shape index (κ1) is 20.5. The highest BCUT2D eigenvalue weighted by atomic mass is 16.7. The van der Waals surface area contributed by atoms with Gasteiger partial charge in [-0.3, -0.25) is 0 Å². The first-order valence-electron chi connectivity index (χ1n) is 9.82. The van der Waals surface area contributed by atoms with Crippen LogP contribution < -0.4 is 10.5 Å². The number of methoxy groups -OCH3 is 1. The van der Waals surface area contributed by atoms with Crippen molar-refractivity contribution in [3.63, 3.8) is 0 Å². The normalized spacial score (nSPS) is 17.4. The molecule has 0 spiro atoms. The highest BCUT2D eigenvalue weighted by Crippen LogP contribution is 2.29. The zero-order valence-electron chi connectivity index (χ0n) is 16.5. The van der Waals surface area contributed by atoms with Crippen LogP contribution in [0.15, 0.2) is 30.3 Å². The largest absolute Gasteiger partial charge is 0.481 e. The molecule has 2 rings (SSSR count). The van der Waals surface area contributed by atoms with Gasteiger partial charge < -0.3 is 20.2 Å². The Morgan fingerprint density at radius 2 is 1.85 bits per heavy atom. The molecule has 0 radical (unpaired) electrons. The van der Waals surface area contributed by atoms with Crippen LogP contribution in [-0.2, 0) is 4.84 Å². The summed E-state index contributed by atoms with van der Waals surface area (Å²) in [7, 11) is 1.62. The van der Waals surface area contributed by atoms with Gasteiger partial charge in [0.05, 0.1) is 13.2 Å². The standard InChI is InChI=1S/C20H34N4O2/c1-4-6-11-23(12-7-5-2)13-8-14-24-18(15-19(21)26-24)17-9-10-20(25-3)22-16-17/h9-10,15-16,18H,4-8,11-14,21H2,1-3H3. The van der Waals surface area contributed by atoms with Crippen LogP contribution in [0, 0.1) is 0 Å². The maximum atomic E-state index is 5.91. The Labute approximate surface area is 157 Å². The maximum Gasteiger partial charge on any atom is 0.212 e.